The predicted octanol–water partition coefficient (Wildman–Crippen LogP) is 5.23. The first-order valence-electron chi connectivity index (χ1n) is 33.5. The summed E-state index contributed by atoms with van der Waals surface area (Å²) in [5, 5.41) is 30.1. The lowest BCUT2D eigenvalue weighted by atomic mass is 9.89. The third-order valence-electron chi connectivity index (χ3n) is 18.0. The van der Waals surface area contributed by atoms with E-state index >= 15 is 0 Å². The first-order valence-corrected chi connectivity index (χ1v) is 33.5. The van der Waals surface area contributed by atoms with E-state index in [4.69, 9.17) is 24.7 Å². The van der Waals surface area contributed by atoms with Crippen molar-refractivity contribution in [2.24, 2.45) is 40.5 Å². The van der Waals surface area contributed by atoms with Gasteiger partial charge in [0.05, 0.1) is 49.8 Å². The van der Waals surface area contributed by atoms with Crippen LogP contribution in [0.3, 0.4) is 0 Å². The highest BCUT2D eigenvalue weighted by molar-refractivity contribution is 6.13. The van der Waals surface area contributed by atoms with Crippen molar-refractivity contribution in [1.29, 1.82) is 0 Å². The summed E-state index contributed by atoms with van der Waals surface area (Å²) >= 11 is 0. The van der Waals surface area contributed by atoms with Gasteiger partial charge in [0, 0.05) is 77.8 Å². The van der Waals surface area contributed by atoms with Gasteiger partial charge in [-0.3, -0.25) is 53.0 Å². The number of anilines is 1. The van der Waals surface area contributed by atoms with Crippen molar-refractivity contribution in [3.05, 3.63) is 71.8 Å². The van der Waals surface area contributed by atoms with E-state index in [0.29, 0.717) is 67.6 Å². The summed E-state index contributed by atoms with van der Waals surface area (Å²) in [6, 6.07) is 6.42. The Balaban J connectivity index is 1.38. The van der Waals surface area contributed by atoms with Crippen molar-refractivity contribution < 1.29 is 76.9 Å². The van der Waals surface area contributed by atoms with Crippen LogP contribution >= 0.6 is 0 Å². The van der Waals surface area contributed by atoms with Crippen molar-refractivity contribution in [2.75, 3.05) is 60.4 Å². The Hall–Kier alpha value is -8.66. The predicted molar refractivity (Wildman–Crippen MR) is 363 cm³/mol. The number of urea groups is 1. The van der Waals surface area contributed by atoms with Gasteiger partial charge < -0.3 is 71.6 Å². The van der Waals surface area contributed by atoms with E-state index in [9.17, 15) is 57.9 Å². The molecule has 2 aromatic carbocycles. The lowest BCUT2D eigenvalue weighted by Crippen LogP contribution is -2.60. The van der Waals surface area contributed by atoms with Crippen LogP contribution in [0.2, 0.25) is 0 Å². The molecule has 97 heavy (non-hydrogen) atoms. The van der Waals surface area contributed by atoms with E-state index in [2.05, 4.69) is 37.1 Å². The molecule has 2 aliphatic rings. The van der Waals surface area contributed by atoms with Crippen LogP contribution in [0.15, 0.2) is 65.8 Å². The SMILES string of the molecule is CC[C@H](C)[C@@H]([C@@H](CC(=O)N1CCC[C@H]1[C@H](OC)[C@@H](C)C(=O)N[C@H](C)/C(=N/O)c1cccc(OC)c1)OC)N(C)C(=O)[C@@H](NC(=O)[C@H](C(C)C)N(C)C(=O)OCc1ccc(NC(=O)[C@H](CCCNC(N)=O)NC(=O)[C@@H](NC(=O)CCCCCN2C(=O)C=CC2=O)C(C)C)cc1)C(C)C. The Bertz CT molecular complexity index is 3050. The minimum atomic E-state index is -1.12. The molecule has 11 atom stereocenters. The molecule has 4 rings (SSSR count). The second kappa shape index (κ2) is 39.5. The Kier molecular flexibility index (Phi) is 32.9. The van der Waals surface area contributed by atoms with E-state index in [0.717, 1.165) is 4.90 Å². The van der Waals surface area contributed by atoms with Crippen LogP contribution in [0.4, 0.5) is 15.3 Å². The molecule has 2 heterocycles. The molecule has 0 saturated carbocycles. The Morgan fingerprint density at radius 2 is 1.40 bits per heavy atom. The van der Waals surface area contributed by atoms with Crippen LogP contribution < -0.4 is 42.4 Å². The molecule has 1 fully saturated rings. The third kappa shape index (κ3) is 23.6. The summed E-state index contributed by atoms with van der Waals surface area (Å²) in [6.07, 6.45) is 3.71. The van der Waals surface area contributed by atoms with Crippen LogP contribution in [0.25, 0.3) is 0 Å². The number of ether oxygens (including phenoxy) is 4. The number of rotatable bonds is 39. The van der Waals surface area contributed by atoms with Crippen molar-refractivity contribution in [3.63, 3.8) is 0 Å². The van der Waals surface area contributed by atoms with E-state index in [1.54, 1.807) is 116 Å². The van der Waals surface area contributed by atoms with Gasteiger partial charge >= 0.3 is 12.1 Å². The maximum Gasteiger partial charge on any atom is 0.410 e. The number of carbonyl (C=O) groups is 11. The molecule has 1 saturated heterocycles. The molecule has 2 aliphatic heterocycles. The number of amides is 12. The van der Waals surface area contributed by atoms with Gasteiger partial charge in [0.1, 0.15) is 42.2 Å². The van der Waals surface area contributed by atoms with Crippen LogP contribution in [0, 0.1) is 29.6 Å². The smallest absolute Gasteiger partial charge is 0.410 e. The number of nitrogens with one attached hydrogen (secondary N) is 6. The molecule has 2 aromatic rings. The number of benzene rings is 2. The van der Waals surface area contributed by atoms with Gasteiger partial charge in [-0.25, -0.2) is 9.59 Å². The van der Waals surface area contributed by atoms with Gasteiger partial charge in [0.2, 0.25) is 41.4 Å². The Morgan fingerprint density at radius 3 is 1.98 bits per heavy atom. The molecule has 0 radical (unpaired) electrons. The number of primary amides is 1. The topological polar surface area (TPSA) is 368 Å². The van der Waals surface area contributed by atoms with Crippen LogP contribution in [0.1, 0.15) is 145 Å². The van der Waals surface area contributed by atoms with E-state index < -0.39 is 114 Å². The average Bonchev–Trinajstić information content (AvgIpc) is 1.74. The zero-order valence-corrected chi connectivity index (χ0v) is 59.1. The molecule has 9 N–H and O–H groups in total. The minimum absolute atomic E-state index is 0.0806. The van der Waals surface area contributed by atoms with Crippen molar-refractivity contribution >= 4 is 76.7 Å². The number of nitrogens with two attached hydrogens (primary N) is 1. The average molecular weight is 1360 g/mol. The standard InChI is InChI=1S/C69H106N12O16/c1-16-43(8)61(52(95-14)38-56(85)80-36-22-26-51(80)62(96-15)44(9)63(86)72-45(10)59(77-93)47-23-20-24-49(37-47)94-13)78(11)67(90)58(41(4)5)76-66(89)60(42(6)7)79(12)69(92)97-39-46-28-30-48(31-29-46)73-64(87)50(25-21-34-71-68(70)91)74-65(88)57(40(2)3)75-53(82)27-18-17-19-35-81-54(83)32-33-55(81)84/h20,23-24,28-33,37,40-45,50-52,57-58,60-62,93H,16-19,21-22,25-27,34-36,38-39H2,1-15H3,(H,72,86)(H,73,87)(H,74,88)(H,75,82)(H,76,89)(H3,70,71,91)/b77-59-/t43-,44+,45+,50-,51-,52+,57-,58-,60-,61-,62+/m0/s1. The summed E-state index contributed by atoms with van der Waals surface area (Å²) in [7, 11) is 7.56. The van der Waals surface area contributed by atoms with Gasteiger partial charge in [-0.2, -0.15) is 0 Å². The van der Waals surface area contributed by atoms with Crippen LogP contribution in [0.5, 0.6) is 5.75 Å². The van der Waals surface area contributed by atoms with Gasteiger partial charge in [-0.15, -0.1) is 0 Å². The number of oxime groups is 1. The Labute approximate surface area is 570 Å². The number of hydrogen-bond donors (Lipinski definition) is 8. The summed E-state index contributed by atoms with van der Waals surface area (Å²) in [5.74, 6) is -5.66. The fourth-order valence-corrected chi connectivity index (χ4v) is 12.3. The number of carbonyl (C=O) groups excluding carboxylic acids is 11. The van der Waals surface area contributed by atoms with Crippen molar-refractivity contribution in [2.45, 2.75) is 195 Å². The zero-order chi connectivity index (χ0) is 72.4. The van der Waals surface area contributed by atoms with E-state index in [1.165, 1.54) is 50.3 Å². The first-order chi connectivity index (χ1) is 45.9. The van der Waals surface area contributed by atoms with Crippen molar-refractivity contribution in [1.82, 2.24) is 46.2 Å². The lowest BCUT2D eigenvalue weighted by Gasteiger charge is -2.41. The van der Waals surface area contributed by atoms with E-state index in [1.807, 2.05) is 13.8 Å². The number of imide groups is 1. The maximum atomic E-state index is 14.8. The molecule has 0 spiro atoms. The van der Waals surface area contributed by atoms with Gasteiger partial charge in [0.15, 0.2) is 0 Å². The number of methoxy groups -OCH3 is 3. The Morgan fingerprint density at radius 1 is 0.742 bits per heavy atom. The highest BCUT2D eigenvalue weighted by atomic mass is 16.6. The highest BCUT2D eigenvalue weighted by Gasteiger charge is 2.44. The summed E-state index contributed by atoms with van der Waals surface area (Å²) in [6.45, 7) is 18.5. The first kappa shape index (κ1) is 80.8. The molecule has 0 aliphatic carbocycles. The number of likely N-dealkylation sites (N-methyl/N-ethyl adjacent to an activating group) is 2. The van der Waals surface area contributed by atoms with Crippen LogP contribution in [-0.2, 0) is 64.0 Å². The second-order valence-corrected chi connectivity index (χ2v) is 26.1. The lowest BCUT2D eigenvalue weighted by molar-refractivity contribution is -0.148. The van der Waals surface area contributed by atoms with Gasteiger partial charge in [0.25, 0.3) is 11.8 Å². The largest absolute Gasteiger partial charge is 0.497 e. The fourth-order valence-electron chi connectivity index (χ4n) is 12.3. The number of hydrogen-bond acceptors (Lipinski definition) is 17. The molecule has 28 heteroatoms. The van der Waals surface area contributed by atoms with Gasteiger partial charge in [-0.1, -0.05) is 105 Å². The molecule has 0 aromatic heterocycles. The molecular formula is C69H106N12O16. The monoisotopic (exact) mass is 1360 g/mol. The number of likely N-dealkylation sites (tertiary alicyclic amines) is 1. The molecule has 0 bridgehead atoms. The second-order valence-electron chi connectivity index (χ2n) is 26.1. The quantitative estimate of drug-likeness (QED) is 0.0140. The molecule has 0 unspecified atom stereocenters. The van der Waals surface area contributed by atoms with Gasteiger partial charge in [-0.05, 0) is 98.9 Å². The number of nitrogens with zero attached hydrogens (tertiary/aromatic N) is 5. The number of unbranched alkanes of at least 4 members (excludes halogenated alkanes) is 2. The maximum absolute atomic E-state index is 14.8. The fraction of sp³-hybridized carbons (Fsp3) is 0.623. The molecule has 12 amide bonds. The summed E-state index contributed by atoms with van der Waals surface area (Å²) in [5.41, 5.74) is 6.87. The summed E-state index contributed by atoms with van der Waals surface area (Å²) in [4.78, 5) is 153. The minimum Gasteiger partial charge on any atom is -0.497 e. The van der Waals surface area contributed by atoms with Crippen molar-refractivity contribution in [3.8, 4) is 5.75 Å². The molecular weight excluding hydrogens is 1250 g/mol. The van der Waals surface area contributed by atoms with Crippen LogP contribution in [-0.4, -0.2) is 205 Å². The highest BCUT2D eigenvalue weighted by Crippen LogP contribution is 2.30. The van der Waals surface area contributed by atoms with E-state index in [-0.39, 0.29) is 86.6 Å². The molecule has 28 nitrogen and oxygen atoms in total. The summed E-state index contributed by atoms with van der Waals surface area (Å²) < 4.78 is 23.1. The normalized spacial score (nSPS) is 17.1. The molecule has 538 valence electrons. The zero-order valence-electron chi connectivity index (χ0n) is 59.1. The third-order valence-corrected chi connectivity index (χ3v) is 18.0.